The summed E-state index contributed by atoms with van der Waals surface area (Å²) in [6, 6.07) is 6.28. The van der Waals surface area contributed by atoms with Gasteiger partial charge in [0.2, 0.25) is 5.91 Å². The molecule has 0 saturated carbocycles. The number of amides is 1. The number of hydrogen-bond donors (Lipinski definition) is 1. The summed E-state index contributed by atoms with van der Waals surface area (Å²) in [6.07, 6.45) is 3.88. The second-order valence-corrected chi connectivity index (χ2v) is 3.17. The molecule has 0 radical (unpaired) electrons. The van der Waals surface area contributed by atoms with Crippen LogP contribution in [0.5, 0.6) is 0 Å². The molecule has 3 heteroatoms. The van der Waals surface area contributed by atoms with Gasteiger partial charge in [-0.15, -0.1) is 0 Å². The number of carbonyl (C=O) groups excluding carboxylic acids is 1. The molecule has 1 aromatic rings. The van der Waals surface area contributed by atoms with Crippen molar-refractivity contribution in [3.05, 3.63) is 47.8 Å². The Bertz CT molecular complexity index is 343. The highest BCUT2D eigenvalue weighted by Gasteiger charge is 1.96. The molecule has 0 saturated heterocycles. The van der Waals surface area contributed by atoms with Crippen molar-refractivity contribution in [3.8, 4) is 0 Å². The van der Waals surface area contributed by atoms with Gasteiger partial charge in [-0.1, -0.05) is 18.2 Å². The van der Waals surface area contributed by atoms with Crippen LogP contribution in [0.4, 0.5) is 4.39 Å². The summed E-state index contributed by atoms with van der Waals surface area (Å²) in [5.41, 5.74) is 1.01. The molecule has 1 aromatic carbocycles. The highest BCUT2D eigenvalue weighted by atomic mass is 19.1. The Morgan fingerprint density at radius 1 is 1.40 bits per heavy atom. The van der Waals surface area contributed by atoms with E-state index in [4.69, 9.17) is 0 Å². The first kappa shape index (κ1) is 11.4. The quantitative estimate of drug-likeness (QED) is 0.752. The second kappa shape index (κ2) is 5.96. The molecule has 80 valence electrons. The normalized spacial score (nSPS) is 10.5. The van der Waals surface area contributed by atoms with Gasteiger partial charge < -0.3 is 5.32 Å². The van der Waals surface area contributed by atoms with Crippen LogP contribution in [0.15, 0.2) is 36.4 Å². The van der Waals surface area contributed by atoms with E-state index >= 15 is 0 Å². The lowest BCUT2D eigenvalue weighted by Crippen LogP contribution is -2.23. The van der Waals surface area contributed by atoms with E-state index in [2.05, 4.69) is 5.32 Å². The summed E-state index contributed by atoms with van der Waals surface area (Å²) in [5.74, 6) is -0.337. The number of rotatable bonds is 4. The molecule has 1 N–H and O–H groups in total. The van der Waals surface area contributed by atoms with Crippen LogP contribution in [0.3, 0.4) is 0 Å². The predicted molar refractivity (Wildman–Crippen MR) is 57.9 cm³/mol. The topological polar surface area (TPSA) is 29.1 Å². The van der Waals surface area contributed by atoms with Crippen LogP contribution in [0, 0.1) is 5.82 Å². The molecule has 1 amide bonds. The molecule has 0 aliphatic heterocycles. The Kier molecular flexibility index (Phi) is 4.54. The molecule has 15 heavy (non-hydrogen) atoms. The minimum atomic E-state index is -0.239. The monoisotopic (exact) mass is 207 g/mol. The standard InChI is InChI=1S/C12H14FNO/c1-2-3-12(15)14-9-8-10-4-6-11(13)7-5-10/h2-7H,8-9H2,1H3,(H,14,15)/b3-2+. The Labute approximate surface area is 88.8 Å². The lowest BCUT2D eigenvalue weighted by atomic mass is 10.1. The predicted octanol–water partition coefficient (Wildman–Crippen LogP) is 2.06. The second-order valence-electron chi connectivity index (χ2n) is 3.17. The first-order valence-electron chi connectivity index (χ1n) is 4.87. The Balaban J connectivity index is 2.32. The maximum atomic E-state index is 12.6. The zero-order chi connectivity index (χ0) is 11.1. The Morgan fingerprint density at radius 2 is 2.07 bits per heavy atom. The van der Waals surface area contributed by atoms with E-state index in [1.165, 1.54) is 18.2 Å². The van der Waals surface area contributed by atoms with Crippen LogP contribution in [-0.2, 0) is 11.2 Å². The van der Waals surface area contributed by atoms with E-state index < -0.39 is 0 Å². The van der Waals surface area contributed by atoms with Gasteiger partial charge in [-0.05, 0) is 37.1 Å². The fraction of sp³-hybridized carbons (Fsp3) is 0.250. The van der Waals surface area contributed by atoms with Crippen molar-refractivity contribution < 1.29 is 9.18 Å². The molecular weight excluding hydrogens is 193 g/mol. The Morgan fingerprint density at radius 3 is 2.67 bits per heavy atom. The van der Waals surface area contributed by atoms with Gasteiger partial charge in [0.1, 0.15) is 5.82 Å². The van der Waals surface area contributed by atoms with E-state index in [-0.39, 0.29) is 11.7 Å². The highest BCUT2D eigenvalue weighted by Crippen LogP contribution is 2.02. The van der Waals surface area contributed by atoms with E-state index in [1.807, 2.05) is 0 Å². The van der Waals surface area contributed by atoms with Crippen molar-refractivity contribution in [1.29, 1.82) is 0 Å². The molecule has 0 heterocycles. The number of nitrogens with one attached hydrogen (secondary N) is 1. The maximum Gasteiger partial charge on any atom is 0.243 e. The molecule has 0 unspecified atom stereocenters. The average Bonchev–Trinajstić information content (AvgIpc) is 2.21. The van der Waals surface area contributed by atoms with Crippen LogP contribution in [0.2, 0.25) is 0 Å². The lowest BCUT2D eigenvalue weighted by Gasteiger charge is -2.02. The molecule has 0 fully saturated rings. The zero-order valence-electron chi connectivity index (χ0n) is 8.66. The third-order valence-corrected chi connectivity index (χ3v) is 1.94. The SMILES string of the molecule is C/C=C/C(=O)NCCc1ccc(F)cc1. The molecule has 0 aliphatic rings. The molecule has 0 aliphatic carbocycles. The van der Waals surface area contributed by atoms with Gasteiger partial charge in [0, 0.05) is 6.54 Å². The van der Waals surface area contributed by atoms with E-state index in [1.54, 1.807) is 25.1 Å². The zero-order valence-corrected chi connectivity index (χ0v) is 8.66. The van der Waals surface area contributed by atoms with Gasteiger partial charge in [-0.25, -0.2) is 4.39 Å². The lowest BCUT2D eigenvalue weighted by molar-refractivity contribution is -0.116. The average molecular weight is 207 g/mol. The van der Waals surface area contributed by atoms with Crippen molar-refractivity contribution in [1.82, 2.24) is 5.32 Å². The molecular formula is C12H14FNO. The molecule has 0 atom stereocenters. The summed E-state index contributed by atoms with van der Waals surface area (Å²) in [7, 11) is 0. The van der Waals surface area contributed by atoms with Crippen molar-refractivity contribution in [2.24, 2.45) is 0 Å². The van der Waals surface area contributed by atoms with Crippen LogP contribution in [-0.4, -0.2) is 12.5 Å². The molecule has 0 bridgehead atoms. The fourth-order valence-electron chi connectivity index (χ4n) is 1.19. The summed E-state index contributed by atoms with van der Waals surface area (Å²) < 4.78 is 12.6. The first-order chi connectivity index (χ1) is 7.22. The molecule has 1 rings (SSSR count). The Hall–Kier alpha value is -1.64. The number of carbonyl (C=O) groups is 1. The van der Waals surface area contributed by atoms with Gasteiger partial charge in [-0.2, -0.15) is 0 Å². The highest BCUT2D eigenvalue weighted by molar-refractivity contribution is 5.87. The van der Waals surface area contributed by atoms with Crippen LogP contribution >= 0.6 is 0 Å². The van der Waals surface area contributed by atoms with Crippen molar-refractivity contribution >= 4 is 5.91 Å². The van der Waals surface area contributed by atoms with Crippen molar-refractivity contribution in [2.75, 3.05) is 6.54 Å². The number of allylic oxidation sites excluding steroid dienone is 1. The van der Waals surface area contributed by atoms with Gasteiger partial charge >= 0.3 is 0 Å². The summed E-state index contributed by atoms with van der Waals surface area (Å²) in [4.78, 5) is 11.0. The molecule has 0 aromatic heterocycles. The molecule has 0 spiro atoms. The van der Waals surface area contributed by atoms with E-state index in [0.717, 1.165) is 5.56 Å². The summed E-state index contributed by atoms with van der Waals surface area (Å²) in [6.45, 7) is 2.36. The van der Waals surface area contributed by atoms with Crippen LogP contribution in [0.1, 0.15) is 12.5 Å². The van der Waals surface area contributed by atoms with Gasteiger partial charge in [0.25, 0.3) is 0 Å². The smallest absolute Gasteiger partial charge is 0.243 e. The maximum absolute atomic E-state index is 12.6. The fourth-order valence-corrected chi connectivity index (χ4v) is 1.19. The number of hydrogen-bond acceptors (Lipinski definition) is 1. The van der Waals surface area contributed by atoms with Gasteiger partial charge in [-0.3, -0.25) is 4.79 Å². The van der Waals surface area contributed by atoms with Crippen molar-refractivity contribution in [2.45, 2.75) is 13.3 Å². The van der Waals surface area contributed by atoms with Crippen molar-refractivity contribution in [3.63, 3.8) is 0 Å². The van der Waals surface area contributed by atoms with E-state index in [9.17, 15) is 9.18 Å². The third kappa shape index (κ3) is 4.40. The van der Waals surface area contributed by atoms with Gasteiger partial charge in [0.15, 0.2) is 0 Å². The number of halogens is 1. The summed E-state index contributed by atoms with van der Waals surface area (Å²) >= 11 is 0. The van der Waals surface area contributed by atoms with Crippen LogP contribution in [0.25, 0.3) is 0 Å². The van der Waals surface area contributed by atoms with Crippen LogP contribution < -0.4 is 5.32 Å². The molecule has 2 nitrogen and oxygen atoms in total. The summed E-state index contributed by atoms with van der Waals surface area (Å²) in [5, 5.41) is 2.73. The third-order valence-electron chi connectivity index (χ3n) is 1.94. The number of benzene rings is 1. The largest absolute Gasteiger partial charge is 0.352 e. The van der Waals surface area contributed by atoms with E-state index in [0.29, 0.717) is 13.0 Å². The minimum absolute atomic E-state index is 0.0976. The first-order valence-corrected chi connectivity index (χ1v) is 4.87. The minimum Gasteiger partial charge on any atom is -0.352 e. The van der Waals surface area contributed by atoms with Gasteiger partial charge in [0.05, 0.1) is 0 Å².